The number of halogens is 1. The highest BCUT2D eigenvalue weighted by molar-refractivity contribution is 9.10. The molecule has 0 radical (unpaired) electrons. The fourth-order valence-corrected chi connectivity index (χ4v) is 1.89. The molecular formula is C9H8BrN3O2. The molecule has 1 aromatic carbocycles. The van der Waals surface area contributed by atoms with Crippen LogP contribution in [-0.4, -0.2) is 14.9 Å². The summed E-state index contributed by atoms with van der Waals surface area (Å²) >= 11 is 3.15. The Morgan fingerprint density at radius 3 is 2.93 bits per heavy atom. The van der Waals surface area contributed by atoms with E-state index in [-0.39, 0.29) is 5.69 Å². The van der Waals surface area contributed by atoms with Gasteiger partial charge in [-0.1, -0.05) is 6.92 Å². The van der Waals surface area contributed by atoms with Crippen molar-refractivity contribution in [3.05, 3.63) is 32.5 Å². The maximum Gasteiger partial charge on any atom is 0.311 e. The Morgan fingerprint density at radius 2 is 2.33 bits per heavy atom. The zero-order valence-corrected chi connectivity index (χ0v) is 9.54. The van der Waals surface area contributed by atoms with Crippen molar-refractivity contribution in [1.29, 1.82) is 0 Å². The molecule has 15 heavy (non-hydrogen) atoms. The van der Waals surface area contributed by atoms with Crippen molar-refractivity contribution in [3.8, 4) is 0 Å². The van der Waals surface area contributed by atoms with Crippen molar-refractivity contribution in [2.75, 3.05) is 0 Å². The van der Waals surface area contributed by atoms with E-state index in [2.05, 4.69) is 25.9 Å². The fourth-order valence-electron chi connectivity index (χ4n) is 1.43. The van der Waals surface area contributed by atoms with Crippen LogP contribution >= 0.6 is 15.9 Å². The number of nitrogens with one attached hydrogen (secondary N) is 1. The molecule has 0 saturated heterocycles. The molecule has 1 heterocycles. The number of fused-ring (bicyclic) bond motifs is 1. The Labute approximate surface area is 93.8 Å². The molecule has 5 nitrogen and oxygen atoms in total. The van der Waals surface area contributed by atoms with Gasteiger partial charge in [-0.2, -0.15) is 0 Å². The van der Waals surface area contributed by atoms with Gasteiger partial charge in [0.15, 0.2) is 5.52 Å². The van der Waals surface area contributed by atoms with Gasteiger partial charge in [0.1, 0.15) is 5.82 Å². The van der Waals surface area contributed by atoms with Gasteiger partial charge in [-0.15, -0.1) is 0 Å². The third-order valence-corrected chi connectivity index (χ3v) is 2.79. The van der Waals surface area contributed by atoms with Gasteiger partial charge in [-0.25, -0.2) is 4.98 Å². The zero-order valence-electron chi connectivity index (χ0n) is 7.95. The zero-order chi connectivity index (χ0) is 11.0. The quantitative estimate of drug-likeness (QED) is 0.673. The molecule has 0 unspecified atom stereocenters. The lowest BCUT2D eigenvalue weighted by Crippen LogP contribution is -1.90. The van der Waals surface area contributed by atoms with Crippen LogP contribution in [0.1, 0.15) is 12.7 Å². The molecule has 0 fully saturated rings. The number of nitro groups is 1. The van der Waals surface area contributed by atoms with E-state index in [1.165, 1.54) is 0 Å². The first-order valence-electron chi connectivity index (χ1n) is 4.45. The number of hydrogen-bond donors (Lipinski definition) is 1. The summed E-state index contributed by atoms with van der Waals surface area (Å²) in [4.78, 5) is 17.6. The Bertz CT molecular complexity index is 535. The summed E-state index contributed by atoms with van der Waals surface area (Å²) < 4.78 is 0.453. The van der Waals surface area contributed by atoms with Gasteiger partial charge in [0.2, 0.25) is 0 Å². The fraction of sp³-hybridized carbons (Fsp3) is 0.222. The average Bonchev–Trinajstić information content (AvgIpc) is 2.59. The van der Waals surface area contributed by atoms with Crippen molar-refractivity contribution in [2.24, 2.45) is 0 Å². The molecule has 0 aliphatic rings. The smallest absolute Gasteiger partial charge is 0.311 e. The Kier molecular flexibility index (Phi) is 2.44. The highest BCUT2D eigenvalue weighted by Crippen LogP contribution is 2.31. The Morgan fingerprint density at radius 1 is 1.60 bits per heavy atom. The van der Waals surface area contributed by atoms with Crippen LogP contribution in [0.3, 0.4) is 0 Å². The second-order valence-electron chi connectivity index (χ2n) is 3.09. The van der Waals surface area contributed by atoms with E-state index in [1.807, 2.05) is 6.92 Å². The predicted octanol–water partition coefficient (Wildman–Crippen LogP) is 2.80. The van der Waals surface area contributed by atoms with Crippen molar-refractivity contribution in [1.82, 2.24) is 9.97 Å². The van der Waals surface area contributed by atoms with Crippen molar-refractivity contribution in [2.45, 2.75) is 13.3 Å². The van der Waals surface area contributed by atoms with Gasteiger partial charge in [-0.3, -0.25) is 10.1 Å². The van der Waals surface area contributed by atoms with Crippen molar-refractivity contribution < 1.29 is 4.92 Å². The molecule has 0 amide bonds. The van der Waals surface area contributed by atoms with Crippen molar-refractivity contribution >= 4 is 32.7 Å². The van der Waals surface area contributed by atoms with E-state index in [4.69, 9.17) is 0 Å². The number of H-pyrrole nitrogens is 1. The minimum atomic E-state index is -0.424. The largest absolute Gasteiger partial charge is 0.342 e. The molecular weight excluding hydrogens is 262 g/mol. The molecule has 0 saturated carbocycles. The number of hydrogen-bond acceptors (Lipinski definition) is 3. The van der Waals surface area contributed by atoms with Crippen LogP contribution in [0.15, 0.2) is 16.6 Å². The normalized spacial score (nSPS) is 10.8. The van der Waals surface area contributed by atoms with Crippen LogP contribution in [-0.2, 0) is 6.42 Å². The maximum atomic E-state index is 10.9. The maximum absolute atomic E-state index is 10.9. The molecule has 1 aromatic heterocycles. The number of rotatable bonds is 2. The molecule has 6 heteroatoms. The molecule has 0 aliphatic heterocycles. The summed E-state index contributed by atoms with van der Waals surface area (Å²) in [6.45, 7) is 1.94. The molecule has 78 valence electrons. The lowest BCUT2D eigenvalue weighted by atomic mass is 10.3. The van der Waals surface area contributed by atoms with E-state index in [0.29, 0.717) is 15.5 Å². The summed E-state index contributed by atoms with van der Waals surface area (Å²) in [5.74, 6) is 0.756. The van der Waals surface area contributed by atoms with Gasteiger partial charge in [0.25, 0.3) is 0 Å². The second-order valence-corrected chi connectivity index (χ2v) is 3.94. The van der Waals surface area contributed by atoms with E-state index in [9.17, 15) is 10.1 Å². The lowest BCUT2D eigenvalue weighted by Gasteiger charge is -1.94. The van der Waals surface area contributed by atoms with Crippen molar-refractivity contribution in [3.63, 3.8) is 0 Å². The molecule has 1 N–H and O–H groups in total. The standard InChI is InChI=1S/C9H8BrN3O2/c1-2-7-11-6-4-3-5(10)9(13(14)15)8(6)12-7/h3-4H,2H2,1H3,(H,11,12). The second kappa shape index (κ2) is 3.62. The first-order valence-corrected chi connectivity index (χ1v) is 5.24. The Hall–Kier alpha value is -1.43. The van der Waals surface area contributed by atoms with Gasteiger partial charge in [-0.05, 0) is 28.1 Å². The van der Waals surface area contributed by atoms with E-state index < -0.39 is 4.92 Å². The summed E-state index contributed by atoms with van der Waals surface area (Å²) in [5.41, 5.74) is 1.12. The van der Waals surface area contributed by atoms with Crippen LogP contribution in [0.25, 0.3) is 11.0 Å². The third kappa shape index (κ3) is 1.61. The molecule has 2 aromatic rings. The van der Waals surface area contributed by atoms with Crippen LogP contribution in [0, 0.1) is 10.1 Å². The molecule has 2 rings (SSSR count). The molecule has 0 bridgehead atoms. The summed E-state index contributed by atoms with van der Waals surface area (Å²) in [6, 6.07) is 3.43. The van der Waals surface area contributed by atoms with E-state index >= 15 is 0 Å². The van der Waals surface area contributed by atoms with Crippen LogP contribution < -0.4 is 0 Å². The van der Waals surface area contributed by atoms with Gasteiger partial charge in [0, 0.05) is 6.42 Å². The number of aromatic nitrogens is 2. The van der Waals surface area contributed by atoms with Crippen LogP contribution in [0.4, 0.5) is 5.69 Å². The van der Waals surface area contributed by atoms with E-state index in [0.717, 1.165) is 12.2 Å². The van der Waals surface area contributed by atoms with Gasteiger partial charge in [0.05, 0.1) is 14.9 Å². The number of aryl methyl sites for hydroxylation is 1. The number of nitro benzene ring substituents is 1. The molecule has 0 atom stereocenters. The third-order valence-electron chi connectivity index (χ3n) is 2.15. The summed E-state index contributed by atoms with van der Waals surface area (Å²) in [5, 5.41) is 10.9. The first-order chi connectivity index (χ1) is 7.13. The summed E-state index contributed by atoms with van der Waals surface area (Å²) in [7, 11) is 0. The van der Waals surface area contributed by atoms with Gasteiger partial charge >= 0.3 is 5.69 Å². The SMILES string of the molecule is CCc1nc2c([N+](=O)[O-])c(Br)ccc2[nH]1. The predicted molar refractivity (Wildman–Crippen MR) is 59.8 cm³/mol. The molecule has 0 spiro atoms. The average molecular weight is 270 g/mol. The van der Waals surface area contributed by atoms with Crippen LogP contribution in [0.2, 0.25) is 0 Å². The topological polar surface area (TPSA) is 71.8 Å². The number of nitrogens with zero attached hydrogens (tertiary/aromatic N) is 2. The van der Waals surface area contributed by atoms with E-state index in [1.54, 1.807) is 12.1 Å². The number of imidazole rings is 1. The number of benzene rings is 1. The molecule has 0 aliphatic carbocycles. The minimum absolute atomic E-state index is 0.0171. The number of aromatic amines is 1. The monoisotopic (exact) mass is 269 g/mol. The first kappa shape index (κ1) is 10.1. The highest BCUT2D eigenvalue weighted by Gasteiger charge is 2.19. The lowest BCUT2D eigenvalue weighted by molar-refractivity contribution is -0.384. The van der Waals surface area contributed by atoms with Gasteiger partial charge < -0.3 is 4.98 Å². The Balaban J connectivity index is 2.80. The summed E-state index contributed by atoms with van der Waals surface area (Å²) in [6.07, 6.45) is 0.726. The minimum Gasteiger partial charge on any atom is -0.342 e. The van der Waals surface area contributed by atoms with Crippen LogP contribution in [0.5, 0.6) is 0 Å². The highest BCUT2D eigenvalue weighted by atomic mass is 79.9.